The first-order valence-corrected chi connectivity index (χ1v) is 9.40. The van der Waals surface area contributed by atoms with E-state index in [-0.39, 0.29) is 12.4 Å². The van der Waals surface area contributed by atoms with Gasteiger partial charge in [-0.25, -0.2) is 9.78 Å². The van der Waals surface area contributed by atoms with Gasteiger partial charge in [-0.15, -0.1) is 11.3 Å². The molecule has 0 radical (unpaired) electrons. The Labute approximate surface area is 152 Å². The number of hydrogen-bond acceptors (Lipinski definition) is 6. The average molecular weight is 367 g/mol. The molecule has 0 unspecified atom stereocenters. The maximum absolute atomic E-state index is 12.4. The minimum atomic E-state index is -0.492. The van der Waals surface area contributed by atoms with Crippen molar-refractivity contribution in [2.45, 2.75) is 6.61 Å². The van der Waals surface area contributed by atoms with Crippen LogP contribution in [0.3, 0.4) is 0 Å². The van der Waals surface area contributed by atoms with Gasteiger partial charge in [0, 0.05) is 21.9 Å². The van der Waals surface area contributed by atoms with Gasteiger partial charge < -0.3 is 9.15 Å². The van der Waals surface area contributed by atoms with Gasteiger partial charge in [-0.3, -0.25) is 0 Å². The Morgan fingerprint density at radius 1 is 1.08 bits per heavy atom. The number of nitrogens with zero attached hydrogens (tertiary/aromatic N) is 1. The van der Waals surface area contributed by atoms with E-state index in [0.717, 1.165) is 27.4 Å². The van der Waals surface area contributed by atoms with Gasteiger partial charge in [-0.2, -0.15) is 11.3 Å². The van der Waals surface area contributed by atoms with E-state index in [9.17, 15) is 4.79 Å². The highest BCUT2D eigenvalue weighted by Gasteiger charge is 2.18. The van der Waals surface area contributed by atoms with Crippen LogP contribution in [0.25, 0.3) is 21.7 Å². The van der Waals surface area contributed by atoms with E-state index in [0.29, 0.717) is 0 Å². The average Bonchev–Trinajstić information content (AvgIpc) is 3.41. The summed E-state index contributed by atoms with van der Waals surface area (Å²) in [5.41, 5.74) is 3.46. The van der Waals surface area contributed by atoms with Crippen molar-refractivity contribution in [3.8, 4) is 21.7 Å². The summed E-state index contributed by atoms with van der Waals surface area (Å²) in [4.78, 5) is 16.9. The zero-order chi connectivity index (χ0) is 17.1. The van der Waals surface area contributed by atoms with Gasteiger partial charge in [0.15, 0.2) is 0 Å². The molecular formula is C19H13NO3S2. The highest BCUT2D eigenvalue weighted by Crippen LogP contribution is 2.27. The largest absolute Gasteiger partial charge is 0.457 e. The first kappa shape index (κ1) is 15.8. The molecule has 4 rings (SSSR count). The first-order chi connectivity index (χ1) is 12.3. The van der Waals surface area contributed by atoms with E-state index in [1.807, 2.05) is 52.5 Å². The van der Waals surface area contributed by atoms with Gasteiger partial charge in [0.05, 0.1) is 12.0 Å². The van der Waals surface area contributed by atoms with Crippen LogP contribution < -0.4 is 0 Å². The molecule has 3 aromatic heterocycles. The molecular weight excluding hydrogens is 354 g/mol. The molecule has 3 heterocycles. The SMILES string of the molecule is O=C(OCc1csc(-c2ccsc2)n1)c1occc1-c1ccccc1. The number of thiophene rings is 1. The number of rotatable bonds is 5. The number of carbonyl (C=O) groups excluding carboxylic acids is 1. The smallest absolute Gasteiger partial charge is 0.375 e. The van der Waals surface area contributed by atoms with Crippen molar-refractivity contribution in [2.75, 3.05) is 0 Å². The molecule has 0 N–H and O–H groups in total. The summed E-state index contributed by atoms with van der Waals surface area (Å²) in [6.07, 6.45) is 1.50. The third kappa shape index (κ3) is 3.40. The second kappa shape index (κ2) is 7.04. The van der Waals surface area contributed by atoms with E-state index in [1.165, 1.54) is 17.6 Å². The van der Waals surface area contributed by atoms with Gasteiger partial charge in [-0.1, -0.05) is 30.3 Å². The summed E-state index contributed by atoms with van der Waals surface area (Å²) >= 11 is 3.17. The number of aromatic nitrogens is 1. The molecule has 25 heavy (non-hydrogen) atoms. The second-order valence-electron chi connectivity index (χ2n) is 5.26. The molecule has 0 amide bonds. The maximum Gasteiger partial charge on any atom is 0.375 e. The molecule has 6 heteroatoms. The van der Waals surface area contributed by atoms with Crippen LogP contribution in [0.5, 0.6) is 0 Å². The molecule has 1 aromatic carbocycles. The topological polar surface area (TPSA) is 52.3 Å². The lowest BCUT2D eigenvalue weighted by Gasteiger charge is -2.03. The molecule has 0 saturated carbocycles. The Kier molecular flexibility index (Phi) is 4.45. The van der Waals surface area contributed by atoms with E-state index in [1.54, 1.807) is 17.4 Å². The van der Waals surface area contributed by atoms with Crippen molar-refractivity contribution in [3.05, 3.63) is 76.3 Å². The fourth-order valence-electron chi connectivity index (χ4n) is 2.41. The molecule has 0 aliphatic carbocycles. The van der Waals surface area contributed by atoms with Crippen molar-refractivity contribution >= 4 is 28.6 Å². The Bertz CT molecular complexity index is 971. The zero-order valence-corrected chi connectivity index (χ0v) is 14.7. The predicted octanol–water partition coefficient (Wildman–Crippen LogP) is 5.49. The lowest BCUT2D eigenvalue weighted by atomic mass is 10.1. The van der Waals surface area contributed by atoms with Crippen LogP contribution in [0.4, 0.5) is 0 Å². The monoisotopic (exact) mass is 367 g/mol. The van der Waals surface area contributed by atoms with E-state index >= 15 is 0 Å². The first-order valence-electron chi connectivity index (χ1n) is 7.58. The van der Waals surface area contributed by atoms with Crippen molar-refractivity contribution < 1.29 is 13.9 Å². The number of thiazole rings is 1. The van der Waals surface area contributed by atoms with E-state index in [2.05, 4.69) is 4.98 Å². The van der Waals surface area contributed by atoms with Gasteiger partial charge in [-0.05, 0) is 23.1 Å². The lowest BCUT2D eigenvalue weighted by Crippen LogP contribution is -2.05. The van der Waals surface area contributed by atoms with Crippen molar-refractivity contribution in [1.82, 2.24) is 4.98 Å². The summed E-state index contributed by atoms with van der Waals surface area (Å²) in [6, 6.07) is 13.4. The molecule has 0 aliphatic rings. The Hall–Kier alpha value is -2.70. The summed E-state index contributed by atoms with van der Waals surface area (Å²) in [7, 11) is 0. The molecule has 4 aromatic rings. The number of hydrogen-bond donors (Lipinski definition) is 0. The number of esters is 1. The minimum Gasteiger partial charge on any atom is -0.457 e. The minimum absolute atomic E-state index is 0.119. The third-order valence-corrected chi connectivity index (χ3v) is 5.23. The Morgan fingerprint density at radius 2 is 1.96 bits per heavy atom. The molecule has 0 saturated heterocycles. The van der Waals surface area contributed by atoms with Crippen LogP contribution >= 0.6 is 22.7 Å². The highest BCUT2D eigenvalue weighted by atomic mass is 32.1. The standard InChI is InChI=1S/C19H13NO3S2/c21-19(17-16(6-8-22-17)13-4-2-1-3-5-13)23-10-15-12-25-18(20-15)14-7-9-24-11-14/h1-9,11-12H,10H2. The molecule has 0 spiro atoms. The summed E-state index contributed by atoms with van der Waals surface area (Å²) < 4.78 is 10.7. The molecule has 124 valence electrons. The predicted molar refractivity (Wildman–Crippen MR) is 98.7 cm³/mol. The number of carbonyl (C=O) groups is 1. The fourth-order valence-corrected chi connectivity index (χ4v) is 3.93. The summed E-state index contributed by atoms with van der Waals surface area (Å²) in [6.45, 7) is 0.119. The second-order valence-corrected chi connectivity index (χ2v) is 6.90. The van der Waals surface area contributed by atoms with Gasteiger partial charge in [0.2, 0.25) is 5.76 Å². The van der Waals surface area contributed by atoms with E-state index < -0.39 is 5.97 Å². The molecule has 0 bridgehead atoms. The molecule has 0 atom stereocenters. The zero-order valence-electron chi connectivity index (χ0n) is 13.0. The summed E-state index contributed by atoms with van der Waals surface area (Å²) in [5, 5.41) is 6.89. The number of benzene rings is 1. The Balaban J connectivity index is 1.46. The number of ether oxygens (including phenoxy) is 1. The molecule has 0 fully saturated rings. The van der Waals surface area contributed by atoms with Crippen LogP contribution in [0.1, 0.15) is 16.2 Å². The molecule has 0 aliphatic heterocycles. The van der Waals surface area contributed by atoms with Crippen LogP contribution in [0.15, 0.2) is 69.3 Å². The van der Waals surface area contributed by atoms with Crippen LogP contribution in [-0.2, 0) is 11.3 Å². The van der Waals surface area contributed by atoms with Crippen molar-refractivity contribution in [3.63, 3.8) is 0 Å². The van der Waals surface area contributed by atoms with Crippen molar-refractivity contribution in [2.24, 2.45) is 0 Å². The molecule has 4 nitrogen and oxygen atoms in total. The van der Waals surface area contributed by atoms with Crippen LogP contribution in [-0.4, -0.2) is 11.0 Å². The van der Waals surface area contributed by atoms with E-state index in [4.69, 9.17) is 9.15 Å². The van der Waals surface area contributed by atoms with Gasteiger partial charge >= 0.3 is 5.97 Å². The maximum atomic E-state index is 12.4. The van der Waals surface area contributed by atoms with Crippen LogP contribution in [0, 0.1) is 0 Å². The van der Waals surface area contributed by atoms with Crippen LogP contribution in [0.2, 0.25) is 0 Å². The quantitative estimate of drug-likeness (QED) is 0.438. The third-order valence-electron chi connectivity index (χ3n) is 3.61. The lowest BCUT2D eigenvalue weighted by molar-refractivity contribution is 0.0433. The fraction of sp³-hybridized carbons (Fsp3) is 0.0526. The van der Waals surface area contributed by atoms with Crippen molar-refractivity contribution in [1.29, 1.82) is 0 Å². The van der Waals surface area contributed by atoms with Gasteiger partial charge in [0.25, 0.3) is 0 Å². The van der Waals surface area contributed by atoms with Gasteiger partial charge in [0.1, 0.15) is 11.6 Å². The normalized spacial score (nSPS) is 10.7. The highest BCUT2D eigenvalue weighted by molar-refractivity contribution is 7.14. The summed E-state index contributed by atoms with van der Waals surface area (Å²) in [5.74, 6) is -0.284. The Morgan fingerprint density at radius 3 is 2.76 bits per heavy atom. The number of furan rings is 1.